The Balaban J connectivity index is 2.06. The summed E-state index contributed by atoms with van der Waals surface area (Å²) in [5.74, 6) is 0.756. The Morgan fingerprint density at radius 3 is 2.26 bits per heavy atom. The molecule has 2 N–H and O–H groups in total. The maximum atomic E-state index is 9.63. The van der Waals surface area contributed by atoms with Crippen LogP contribution in [0.25, 0.3) is 0 Å². The molecule has 0 saturated heterocycles. The van der Waals surface area contributed by atoms with Gasteiger partial charge in [0.15, 0.2) is 11.8 Å². The quantitative estimate of drug-likeness (QED) is 0.834. The number of aromatic nitrogens is 1. The van der Waals surface area contributed by atoms with Crippen molar-refractivity contribution in [2.45, 2.75) is 30.9 Å². The number of benzene rings is 1. The molecule has 1 aromatic carbocycles. The molecular weight excluding hydrogens is 258 g/mol. The van der Waals surface area contributed by atoms with Crippen LogP contribution in [0.5, 0.6) is 11.8 Å². The van der Waals surface area contributed by atoms with Gasteiger partial charge in [-0.3, -0.25) is 4.57 Å². The smallest absolute Gasteiger partial charge is 0.194 e. The van der Waals surface area contributed by atoms with E-state index in [1.54, 1.807) is 11.8 Å². The van der Waals surface area contributed by atoms with Gasteiger partial charge in [-0.15, -0.1) is 11.8 Å². The number of hydrogen-bond donors (Lipinski definition) is 2. The van der Waals surface area contributed by atoms with Gasteiger partial charge in [0.2, 0.25) is 0 Å². The van der Waals surface area contributed by atoms with E-state index in [0.29, 0.717) is 11.1 Å². The van der Waals surface area contributed by atoms with Crippen LogP contribution >= 0.6 is 11.8 Å². The minimum absolute atomic E-state index is 0.105. The second-order valence-corrected chi connectivity index (χ2v) is 5.62. The molecule has 2 rings (SSSR count). The summed E-state index contributed by atoms with van der Waals surface area (Å²) in [5, 5.41) is 19.7. The van der Waals surface area contributed by atoms with Gasteiger partial charge >= 0.3 is 0 Å². The second-order valence-electron chi connectivity index (χ2n) is 4.46. The van der Waals surface area contributed by atoms with E-state index < -0.39 is 0 Å². The van der Waals surface area contributed by atoms with Gasteiger partial charge in [0.25, 0.3) is 0 Å². The number of hydrogen-bond acceptors (Lipinski definition) is 3. The summed E-state index contributed by atoms with van der Waals surface area (Å²) in [7, 11) is 0. The summed E-state index contributed by atoms with van der Waals surface area (Å²) in [5.41, 5.74) is 1.29. The molecule has 0 aliphatic heterocycles. The Morgan fingerprint density at radius 1 is 1.05 bits per heavy atom. The zero-order valence-corrected chi connectivity index (χ0v) is 11.8. The molecule has 3 nitrogen and oxygen atoms in total. The fourth-order valence-electron chi connectivity index (χ4n) is 2.02. The van der Waals surface area contributed by atoms with E-state index >= 15 is 0 Å². The highest BCUT2D eigenvalue weighted by atomic mass is 32.2. The third-order valence-electron chi connectivity index (χ3n) is 3.06. The number of rotatable bonds is 6. The second kappa shape index (κ2) is 6.57. The molecule has 1 aromatic heterocycles. The van der Waals surface area contributed by atoms with Crippen molar-refractivity contribution in [1.29, 1.82) is 0 Å². The number of nitrogens with zero attached hydrogens (tertiary/aromatic N) is 1. The van der Waals surface area contributed by atoms with Crippen LogP contribution in [0.3, 0.4) is 0 Å². The van der Waals surface area contributed by atoms with E-state index in [1.807, 2.05) is 18.2 Å². The van der Waals surface area contributed by atoms with Crippen LogP contribution in [0.2, 0.25) is 0 Å². The van der Waals surface area contributed by atoms with Gasteiger partial charge in [-0.25, -0.2) is 0 Å². The first-order valence-electron chi connectivity index (χ1n) is 6.46. The van der Waals surface area contributed by atoms with Crippen molar-refractivity contribution in [3.63, 3.8) is 0 Å². The lowest BCUT2D eigenvalue weighted by Gasteiger charge is -2.17. The van der Waals surface area contributed by atoms with Crippen molar-refractivity contribution in [1.82, 2.24) is 4.57 Å². The van der Waals surface area contributed by atoms with Gasteiger partial charge < -0.3 is 10.2 Å². The molecule has 0 radical (unpaired) electrons. The zero-order chi connectivity index (χ0) is 13.7. The van der Waals surface area contributed by atoms with E-state index in [4.69, 9.17) is 0 Å². The van der Waals surface area contributed by atoms with Crippen molar-refractivity contribution in [3.05, 3.63) is 48.0 Å². The summed E-state index contributed by atoms with van der Waals surface area (Å²) in [4.78, 5) is 0. The van der Waals surface area contributed by atoms with E-state index in [0.717, 1.165) is 12.8 Å². The number of aromatic hydroxyl groups is 2. The molecule has 1 unspecified atom stereocenters. The summed E-state index contributed by atoms with van der Waals surface area (Å²) >= 11 is 1.73. The van der Waals surface area contributed by atoms with Crippen LogP contribution in [0.1, 0.15) is 30.6 Å². The van der Waals surface area contributed by atoms with Gasteiger partial charge in [-0.1, -0.05) is 43.7 Å². The van der Waals surface area contributed by atoms with Crippen LogP contribution in [-0.2, 0) is 5.88 Å². The van der Waals surface area contributed by atoms with Crippen LogP contribution in [0, 0.1) is 0 Å². The topological polar surface area (TPSA) is 45.4 Å². The first-order valence-corrected chi connectivity index (χ1v) is 7.51. The molecule has 0 aliphatic rings. The summed E-state index contributed by atoms with van der Waals surface area (Å²) < 4.78 is 1.51. The van der Waals surface area contributed by atoms with Crippen molar-refractivity contribution < 1.29 is 10.2 Å². The monoisotopic (exact) mass is 277 g/mol. The molecule has 19 heavy (non-hydrogen) atoms. The van der Waals surface area contributed by atoms with Gasteiger partial charge in [0.05, 0.1) is 5.88 Å². The normalized spacial score (nSPS) is 12.5. The molecule has 0 spiro atoms. The Bertz CT molecular complexity index is 491. The lowest BCUT2D eigenvalue weighted by molar-refractivity contribution is 0.385. The largest absolute Gasteiger partial charge is 0.494 e. The highest BCUT2D eigenvalue weighted by Gasteiger charge is 2.13. The van der Waals surface area contributed by atoms with E-state index in [2.05, 4.69) is 19.1 Å². The van der Waals surface area contributed by atoms with Crippen LogP contribution in [0.4, 0.5) is 0 Å². The van der Waals surface area contributed by atoms with Crippen molar-refractivity contribution in [2.75, 3.05) is 0 Å². The fourth-order valence-corrected chi connectivity index (χ4v) is 3.36. The van der Waals surface area contributed by atoms with Gasteiger partial charge in [0.1, 0.15) is 0 Å². The van der Waals surface area contributed by atoms with Gasteiger partial charge in [0, 0.05) is 17.4 Å². The van der Waals surface area contributed by atoms with Gasteiger partial charge in [-0.2, -0.15) is 0 Å². The van der Waals surface area contributed by atoms with Crippen molar-refractivity contribution in [3.8, 4) is 11.8 Å². The molecule has 0 amide bonds. The third-order valence-corrected chi connectivity index (χ3v) is 4.38. The molecule has 102 valence electrons. The average Bonchev–Trinajstić information content (AvgIpc) is 2.75. The van der Waals surface area contributed by atoms with E-state index in [9.17, 15) is 10.2 Å². The van der Waals surface area contributed by atoms with Crippen molar-refractivity contribution >= 4 is 11.8 Å². The minimum atomic E-state index is 0.105. The lowest BCUT2D eigenvalue weighted by atomic mass is 10.1. The first-order chi connectivity index (χ1) is 9.22. The first kappa shape index (κ1) is 13.9. The van der Waals surface area contributed by atoms with Crippen LogP contribution < -0.4 is 0 Å². The van der Waals surface area contributed by atoms with E-state index in [1.165, 1.54) is 22.3 Å². The molecule has 0 saturated carbocycles. The third kappa shape index (κ3) is 3.47. The molecule has 1 heterocycles. The minimum Gasteiger partial charge on any atom is -0.494 e. The Morgan fingerprint density at radius 2 is 1.68 bits per heavy atom. The molecule has 1 atom stereocenters. The SMILES string of the molecule is CCCC(SCn1c(O)ccc1O)c1ccccc1. The Labute approximate surface area is 117 Å². The Hall–Kier alpha value is -1.55. The molecule has 2 aromatic rings. The van der Waals surface area contributed by atoms with Crippen molar-refractivity contribution in [2.24, 2.45) is 0 Å². The molecule has 0 bridgehead atoms. The maximum absolute atomic E-state index is 9.63. The van der Waals surface area contributed by atoms with Crippen LogP contribution in [0.15, 0.2) is 42.5 Å². The predicted octanol–water partition coefficient (Wildman–Crippen LogP) is 4.13. The fraction of sp³-hybridized carbons (Fsp3) is 0.333. The zero-order valence-electron chi connectivity index (χ0n) is 11.0. The standard InChI is InChI=1S/C15H19NO2S/c1-2-6-13(12-7-4-3-5-8-12)19-11-16-14(17)9-10-15(16)18/h3-5,7-10,13,17-18H,2,6,11H2,1H3. The number of thioether (sulfide) groups is 1. The van der Waals surface area contributed by atoms with E-state index in [-0.39, 0.29) is 11.8 Å². The summed E-state index contributed by atoms with van der Waals surface area (Å²) in [6, 6.07) is 13.4. The molecule has 4 heteroatoms. The summed E-state index contributed by atoms with van der Waals surface area (Å²) in [6.07, 6.45) is 2.19. The Kier molecular flexibility index (Phi) is 4.80. The van der Waals surface area contributed by atoms with Gasteiger partial charge in [-0.05, 0) is 12.0 Å². The molecule has 0 fully saturated rings. The highest BCUT2D eigenvalue weighted by molar-refractivity contribution is 7.98. The maximum Gasteiger partial charge on any atom is 0.194 e. The average molecular weight is 277 g/mol. The summed E-state index contributed by atoms with van der Waals surface area (Å²) in [6.45, 7) is 2.17. The lowest BCUT2D eigenvalue weighted by Crippen LogP contribution is -1.99. The van der Waals surface area contributed by atoms with Crippen LogP contribution in [-0.4, -0.2) is 14.8 Å². The molecule has 0 aliphatic carbocycles. The predicted molar refractivity (Wildman–Crippen MR) is 79.4 cm³/mol. The molecular formula is C15H19NO2S. The highest BCUT2D eigenvalue weighted by Crippen LogP contribution is 2.36.